The molecule has 1 unspecified atom stereocenters. The molecule has 0 aliphatic rings. The first-order chi connectivity index (χ1) is 12.0. The van der Waals surface area contributed by atoms with Gasteiger partial charge in [-0.15, -0.1) is 24.0 Å². The number of nitrogens with one attached hydrogen (secondary N) is 2. The Kier molecular flexibility index (Phi) is 9.69. The van der Waals surface area contributed by atoms with Crippen molar-refractivity contribution in [2.75, 3.05) is 19.6 Å². The Morgan fingerprint density at radius 3 is 2.62 bits per heavy atom. The van der Waals surface area contributed by atoms with Crippen molar-refractivity contribution < 1.29 is 4.52 Å². The maximum absolute atomic E-state index is 5.21. The fraction of sp³-hybridized carbons (Fsp3) is 0.500. The summed E-state index contributed by atoms with van der Waals surface area (Å²) >= 11 is 0. The molecule has 0 spiro atoms. The van der Waals surface area contributed by atoms with Crippen LogP contribution in [0.1, 0.15) is 47.9 Å². The zero-order valence-electron chi connectivity index (χ0n) is 16.4. The molecule has 0 bridgehead atoms. The second-order valence-corrected chi connectivity index (χ2v) is 6.51. The monoisotopic (exact) mass is 470 g/mol. The van der Waals surface area contributed by atoms with Gasteiger partial charge < -0.3 is 15.2 Å². The first-order valence-corrected chi connectivity index (χ1v) is 9.01. The molecule has 0 fully saturated rings. The van der Waals surface area contributed by atoms with Crippen molar-refractivity contribution in [2.45, 2.75) is 47.0 Å². The van der Waals surface area contributed by atoms with E-state index in [0.29, 0.717) is 5.92 Å². The number of nitrogens with zero attached hydrogens (tertiary/aromatic N) is 2. The van der Waals surface area contributed by atoms with Crippen LogP contribution in [0.4, 0.5) is 0 Å². The molecular formula is C20H31IN4O. The molecule has 5 nitrogen and oxygen atoms in total. The zero-order valence-corrected chi connectivity index (χ0v) is 18.8. The van der Waals surface area contributed by atoms with Gasteiger partial charge in [0.25, 0.3) is 0 Å². The number of rotatable bonds is 7. The second kappa shape index (κ2) is 11.2. The highest BCUT2D eigenvalue weighted by Gasteiger charge is 2.09. The summed E-state index contributed by atoms with van der Waals surface area (Å²) in [5.41, 5.74) is 4.76. The minimum Gasteiger partial charge on any atom is -0.361 e. The van der Waals surface area contributed by atoms with Crippen molar-refractivity contribution in [3.05, 3.63) is 52.4 Å². The number of aromatic nitrogens is 1. The van der Waals surface area contributed by atoms with Gasteiger partial charge in [-0.25, -0.2) is 0 Å². The van der Waals surface area contributed by atoms with E-state index < -0.39 is 0 Å². The lowest BCUT2D eigenvalue weighted by molar-refractivity contribution is 0.392. The number of hydrogen-bond acceptors (Lipinski definition) is 3. The van der Waals surface area contributed by atoms with Gasteiger partial charge in [0.05, 0.1) is 5.69 Å². The number of aryl methyl sites for hydroxylation is 3. The molecule has 2 aromatic rings. The molecule has 0 radical (unpaired) electrons. The molecule has 6 heteroatoms. The Bertz CT molecular complexity index is 692. The second-order valence-electron chi connectivity index (χ2n) is 6.51. The van der Waals surface area contributed by atoms with Crippen molar-refractivity contribution >= 4 is 29.9 Å². The van der Waals surface area contributed by atoms with Crippen molar-refractivity contribution in [1.82, 2.24) is 15.8 Å². The number of benzene rings is 1. The van der Waals surface area contributed by atoms with Crippen LogP contribution in [0, 0.1) is 20.8 Å². The Morgan fingerprint density at radius 2 is 2.00 bits per heavy atom. The topological polar surface area (TPSA) is 62.5 Å². The molecule has 0 amide bonds. The van der Waals surface area contributed by atoms with Crippen LogP contribution in [0.25, 0.3) is 0 Å². The van der Waals surface area contributed by atoms with Crippen molar-refractivity contribution in [3.8, 4) is 0 Å². The molecule has 1 heterocycles. The van der Waals surface area contributed by atoms with E-state index >= 15 is 0 Å². The van der Waals surface area contributed by atoms with Gasteiger partial charge in [-0.05, 0) is 39.7 Å². The zero-order chi connectivity index (χ0) is 18.2. The number of guanidine groups is 1. The highest BCUT2D eigenvalue weighted by molar-refractivity contribution is 14.0. The van der Waals surface area contributed by atoms with Gasteiger partial charge in [0, 0.05) is 31.1 Å². The fourth-order valence-corrected chi connectivity index (χ4v) is 2.82. The highest BCUT2D eigenvalue weighted by Crippen LogP contribution is 2.16. The van der Waals surface area contributed by atoms with Gasteiger partial charge in [-0.3, -0.25) is 4.99 Å². The van der Waals surface area contributed by atoms with Gasteiger partial charge in [0.2, 0.25) is 0 Å². The average Bonchev–Trinajstić information content (AvgIpc) is 2.91. The Hall–Kier alpha value is -1.57. The lowest BCUT2D eigenvalue weighted by atomic mass is 10.00. The van der Waals surface area contributed by atoms with E-state index in [-0.39, 0.29) is 24.0 Å². The average molecular weight is 470 g/mol. The smallest absolute Gasteiger partial charge is 0.191 e. The van der Waals surface area contributed by atoms with Crippen molar-refractivity contribution in [2.24, 2.45) is 4.99 Å². The summed E-state index contributed by atoms with van der Waals surface area (Å²) in [4.78, 5) is 4.74. The maximum Gasteiger partial charge on any atom is 0.191 e. The first-order valence-electron chi connectivity index (χ1n) is 9.01. The van der Waals surface area contributed by atoms with Gasteiger partial charge in [0.1, 0.15) is 5.76 Å². The molecule has 1 aromatic carbocycles. The molecule has 26 heavy (non-hydrogen) atoms. The first kappa shape index (κ1) is 22.5. The van der Waals surface area contributed by atoms with Gasteiger partial charge in [-0.2, -0.15) is 0 Å². The van der Waals surface area contributed by atoms with Crippen LogP contribution >= 0.6 is 24.0 Å². The predicted molar refractivity (Wildman–Crippen MR) is 119 cm³/mol. The third-order valence-electron chi connectivity index (χ3n) is 4.33. The largest absolute Gasteiger partial charge is 0.361 e. The Balaban J connectivity index is 0.00000338. The number of halogens is 1. The van der Waals surface area contributed by atoms with Crippen molar-refractivity contribution in [1.29, 1.82) is 0 Å². The van der Waals surface area contributed by atoms with Crippen molar-refractivity contribution in [3.63, 3.8) is 0 Å². The quantitative estimate of drug-likeness (QED) is 0.363. The number of aliphatic imine (C=N–C) groups is 1. The molecule has 1 aromatic heterocycles. The maximum atomic E-state index is 5.21. The Morgan fingerprint density at radius 1 is 1.23 bits per heavy atom. The third-order valence-corrected chi connectivity index (χ3v) is 4.33. The molecule has 0 aliphatic carbocycles. The van der Waals surface area contributed by atoms with E-state index in [0.717, 1.165) is 43.5 Å². The van der Waals surface area contributed by atoms with Crippen LogP contribution < -0.4 is 10.6 Å². The summed E-state index contributed by atoms with van der Waals surface area (Å²) in [7, 11) is 0. The summed E-state index contributed by atoms with van der Waals surface area (Å²) in [6.45, 7) is 12.8. The molecular weight excluding hydrogens is 439 g/mol. The van der Waals surface area contributed by atoms with Crippen LogP contribution in [0.2, 0.25) is 0 Å². The van der Waals surface area contributed by atoms with E-state index in [9.17, 15) is 0 Å². The molecule has 0 saturated carbocycles. The van der Waals surface area contributed by atoms with Crippen LogP contribution in [-0.4, -0.2) is 30.8 Å². The minimum absolute atomic E-state index is 0. The van der Waals surface area contributed by atoms with Crippen LogP contribution in [0.5, 0.6) is 0 Å². The van der Waals surface area contributed by atoms with E-state index in [2.05, 4.69) is 60.8 Å². The summed E-state index contributed by atoms with van der Waals surface area (Å²) in [6, 6.07) is 8.64. The standard InChI is InChI=1S/C20H30N4O.HI/c1-6-21-20(22-11-10-19-16(4)24-25-17(19)5)23-13-15(3)18-9-7-8-14(2)12-18;/h7-9,12,15H,6,10-11,13H2,1-5H3,(H2,21,22,23);1H. The van der Waals surface area contributed by atoms with Crippen LogP contribution in [0.15, 0.2) is 33.8 Å². The van der Waals surface area contributed by atoms with Gasteiger partial charge >= 0.3 is 0 Å². The lowest BCUT2D eigenvalue weighted by Crippen LogP contribution is -2.38. The van der Waals surface area contributed by atoms with E-state index in [4.69, 9.17) is 9.52 Å². The Labute approximate surface area is 174 Å². The van der Waals surface area contributed by atoms with Crippen LogP contribution in [0.3, 0.4) is 0 Å². The predicted octanol–water partition coefficient (Wildman–Crippen LogP) is 4.12. The summed E-state index contributed by atoms with van der Waals surface area (Å²) < 4.78 is 5.21. The SMILES string of the molecule is CCNC(=NCC(C)c1cccc(C)c1)NCCc1c(C)noc1C.I. The third kappa shape index (κ3) is 6.63. The summed E-state index contributed by atoms with van der Waals surface area (Å²) in [6.07, 6.45) is 0.874. The lowest BCUT2D eigenvalue weighted by Gasteiger charge is -2.14. The molecule has 0 aliphatic heterocycles. The molecule has 2 N–H and O–H groups in total. The van der Waals surface area contributed by atoms with E-state index in [1.54, 1.807) is 0 Å². The molecule has 0 saturated heterocycles. The molecule has 2 rings (SSSR count). The molecule has 144 valence electrons. The normalized spacial score (nSPS) is 12.4. The fourth-order valence-electron chi connectivity index (χ4n) is 2.82. The highest BCUT2D eigenvalue weighted by atomic mass is 127. The van der Waals surface area contributed by atoms with Gasteiger partial charge in [0.15, 0.2) is 5.96 Å². The summed E-state index contributed by atoms with van der Waals surface area (Å²) in [5.74, 6) is 2.14. The van der Waals surface area contributed by atoms with E-state index in [1.165, 1.54) is 16.7 Å². The van der Waals surface area contributed by atoms with Crippen LogP contribution in [-0.2, 0) is 6.42 Å². The van der Waals surface area contributed by atoms with Gasteiger partial charge in [-0.1, -0.05) is 41.9 Å². The van der Waals surface area contributed by atoms with E-state index in [1.807, 2.05) is 13.8 Å². The minimum atomic E-state index is 0. The number of hydrogen-bond donors (Lipinski definition) is 2. The summed E-state index contributed by atoms with van der Waals surface area (Å²) in [5, 5.41) is 10.7. The molecule has 1 atom stereocenters.